The number of hydrogen-bond donors (Lipinski definition) is 2. The van der Waals surface area contributed by atoms with Gasteiger partial charge in [-0.2, -0.15) is 0 Å². The fourth-order valence-corrected chi connectivity index (χ4v) is 3.78. The highest BCUT2D eigenvalue weighted by Gasteiger charge is 2.27. The van der Waals surface area contributed by atoms with Gasteiger partial charge in [0.15, 0.2) is 0 Å². The second kappa shape index (κ2) is 5.71. The van der Waals surface area contributed by atoms with Crippen LogP contribution in [0.2, 0.25) is 0 Å². The molecule has 0 aromatic carbocycles. The van der Waals surface area contributed by atoms with Crippen molar-refractivity contribution in [2.75, 3.05) is 19.0 Å². The third-order valence-corrected chi connectivity index (χ3v) is 4.42. The van der Waals surface area contributed by atoms with E-state index in [1.807, 2.05) is 0 Å². The van der Waals surface area contributed by atoms with Crippen molar-refractivity contribution >= 4 is 28.2 Å². The Morgan fingerprint density at radius 1 is 1.53 bits per heavy atom. The third kappa shape index (κ3) is 2.96. The first-order valence-corrected chi connectivity index (χ1v) is 7.01. The topological polar surface area (TPSA) is 75.6 Å². The summed E-state index contributed by atoms with van der Waals surface area (Å²) in [4.78, 5) is 24.0. The van der Waals surface area contributed by atoms with E-state index >= 15 is 0 Å². The van der Waals surface area contributed by atoms with Crippen LogP contribution in [0.5, 0.6) is 0 Å². The second-order valence-corrected chi connectivity index (χ2v) is 5.95. The smallest absolute Gasteiger partial charge is 0.339 e. The molecule has 2 N–H and O–H groups in total. The largest absolute Gasteiger partial charge is 0.478 e. The minimum atomic E-state index is -0.972. The molecule has 0 radical (unpaired) electrons. The maximum Gasteiger partial charge on any atom is 0.339 e. The van der Waals surface area contributed by atoms with Crippen molar-refractivity contribution in [2.45, 2.75) is 26.2 Å². The predicted octanol–water partition coefficient (Wildman–Crippen LogP) is 2.16. The molecule has 1 aromatic heterocycles. The van der Waals surface area contributed by atoms with Gasteiger partial charge in [-0.3, -0.25) is 4.79 Å². The number of rotatable bonds is 4. The first-order valence-electron chi connectivity index (χ1n) is 6.19. The Balaban J connectivity index is 2.32. The number of fused-ring (bicyclic) bond motifs is 1. The lowest BCUT2D eigenvalue weighted by Gasteiger charge is -2.17. The van der Waals surface area contributed by atoms with Gasteiger partial charge in [0, 0.05) is 12.0 Å². The van der Waals surface area contributed by atoms with Gasteiger partial charge in [-0.15, -0.1) is 11.3 Å². The molecule has 2 rings (SSSR count). The van der Waals surface area contributed by atoms with E-state index in [9.17, 15) is 14.7 Å². The highest BCUT2D eigenvalue weighted by molar-refractivity contribution is 7.17. The monoisotopic (exact) mass is 283 g/mol. The fourth-order valence-electron chi connectivity index (χ4n) is 2.36. The number of ether oxygens (including phenoxy) is 1. The molecule has 1 atom stereocenters. The van der Waals surface area contributed by atoms with Crippen LogP contribution >= 0.6 is 11.3 Å². The summed E-state index contributed by atoms with van der Waals surface area (Å²) in [6, 6.07) is 0. The van der Waals surface area contributed by atoms with E-state index in [0.29, 0.717) is 10.9 Å². The van der Waals surface area contributed by atoms with Crippen molar-refractivity contribution in [1.29, 1.82) is 0 Å². The Kier molecular flexibility index (Phi) is 4.21. The molecular weight excluding hydrogens is 266 g/mol. The van der Waals surface area contributed by atoms with Crippen LogP contribution in [0.1, 0.15) is 34.1 Å². The molecule has 0 saturated heterocycles. The van der Waals surface area contributed by atoms with Crippen LogP contribution in [-0.4, -0.2) is 30.7 Å². The standard InChI is InChI=1S/C13H17NO4S/c1-7-3-4-8-9(5-7)19-12(11(8)13(16)17)14-10(15)6-18-2/h7H,3-6H2,1-2H3,(H,14,15)(H,16,17). The van der Waals surface area contributed by atoms with Crippen LogP contribution < -0.4 is 5.32 Å². The zero-order valence-corrected chi connectivity index (χ0v) is 11.8. The molecule has 0 spiro atoms. The van der Waals surface area contributed by atoms with E-state index in [2.05, 4.69) is 12.2 Å². The number of carboxylic acid groups (broad SMARTS) is 1. The van der Waals surface area contributed by atoms with Gasteiger partial charge >= 0.3 is 5.97 Å². The molecule has 6 heteroatoms. The highest BCUT2D eigenvalue weighted by atomic mass is 32.1. The molecule has 1 amide bonds. The molecule has 0 saturated carbocycles. The van der Waals surface area contributed by atoms with E-state index in [1.54, 1.807) is 0 Å². The van der Waals surface area contributed by atoms with Gasteiger partial charge in [0.1, 0.15) is 11.6 Å². The molecule has 104 valence electrons. The molecule has 0 fully saturated rings. The first-order chi connectivity index (χ1) is 9.02. The summed E-state index contributed by atoms with van der Waals surface area (Å²) >= 11 is 1.38. The van der Waals surface area contributed by atoms with Gasteiger partial charge in [-0.25, -0.2) is 4.79 Å². The van der Waals surface area contributed by atoms with Gasteiger partial charge in [-0.1, -0.05) is 6.92 Å². The van der Waals surface area contributed by atoms with Crippen molar-refractivity contribution in [3.8, 4) is 0 Å². The zero-order valence-electron chi connectivity index (χ0n) is 11.0. The Morgan fingerprint density at radius 2 is 2.26 bits per heavy atom. The number of methoxy groups -OCH3 is 1. The number of anilines is 1. The maximum atomic E-state index is 11.5. The first kappa shape index (κ1) is 14.0. The lowest BCUT2D eigenvalue weighted by atomic mass is 9.88. The third-order valence-electron chi connectivity index (χ3n) is 3.25. The number of hydrogen-bond acceptors (Lipinski definition) is 4. The highest BCUT2D eigenvalue weighted by Crippen LogP contribution is 2.39. The minimum Gasteiger partial charge on any atom is -0.478 e. The average Bonchev–Trinajstić information content (AvgIpc) is 2.65. The quantitative estimate of drug-likeness (QED) is 0.888. The lowest BCUT2D eigenvalue weighted by Crippen LogP contribution is -2.18. The van der Waals surface area contributed by atoms with E-state index < -0.39 is 5.97 Å². The van der Waals surface area contributed by atoms with Crippen LogP contribution in [0.15, 0.2) is 0 Å². The Hall–Kier alpha value is -1.40. The van der Waals surface area contributed by atoms with Crippen LogP contribution in [0.3, 0.4) is 0 Å². The zero-order chi connectivity index (χ0) is 14.0. The number of thiophene rings is 1. The summed E-state index contributed by atoms with van der Waals surface area (Å²) < 4.78 is 4.74. The minimum absolute atomic E-state index is 0.0714. The molecule has 1 unspecified atom stereocenters. The van der Waals surface area contributed by atoms with Crippen molar-refractivity contribution in [3.63, 3.8) is 0 Å². The molecule has 0 aliphatic heterocycles. The molecular formula is C13H17NO4S. The van der Waals surface area contributed by atoms with E-state index in [1.165, 1.54) is 18.4 Å². The van der Waals surface area contributed by atoms with Gasteiger partial charge < -0.3 is 15.2 Å². The summed E-state index contributed by atoms with van der Waals surface area (Å²) in [5.41, 5.74) is 1.15. The molecule has 19 heavy (non-hydrogen) atoms. The average molecular weight is 283 g/mol. The van der Waals surface area contributed by atoms with Gasteiger partial charge in [0.25, 0.3) is 5.91 Å². The van der Waals surface area contributed by atoms with Crippen molar-refractivity contribution in [2.24, 2.45) is 5.92 Å². The van der Waals surface area contributed by atoms with E-state index in [4.69, 9.17) is 4.74 Å². The summed E-state index contributed by atoms with van der Waals surface area (Å²) in [5, 5.41) is 12.4. The van der Waals surface area contributed by atoms with Crippen molar-refractivity contribution < 1.29 is 19.4 Å². The van der Waals surface area contributed by atoms with E-state index in [-0.39, 0.29) is 18.1 Å². The van der Waals surface area contributed by atoms with E-state index in [0.717, 1.165) is 29.7 Å². The van der Waals surface area contributed by atoms with Crippen LogP contribution in [0.4, 0.5) is 5.00 Å². The van der Waals surface area contributed by atoms with Crippen LogP contribution in [0.25, 0.3) is 0 Å². The normalized spacial score (nSPS) is 17.9. The summed E-state index contributed by atoms with van der Waals surface area (Å²) in [7, 11) is 1.43. The number of amides is 1. The molecule has 1 aliphatic carbocycles. The number of nitrogens with one attached hydrogen (secondary N) is 1. The number of carboxylic acids is 1. The lowest BCUT2D eigenvalue weighted by molar-refractivity contribution is -0.119. The number of aromatic carboxylic acids is 1. The fraction of sp³-hybridized carbons (Fsp3) is 0.538. The van der Waals surface area contributed by atoms with Gasteiger partial charge in [-0.05, 0) is 30.7 Å². The molecule has 1 aliphatic rings. The molecule has 1 aromatic rings. The number of carbonyl (C=O) groups excluding carboxylic acids is 1. The Bertz CT molecular complexity index is 509. The Labute approximate surface area is 115 Å². The molecule has 1 heterocycles. The summed E-state index contributed by atoms with van der Waals surface area (Å²) in [6.07, 6.45) is 2.66. The predicted molar refractivity (Wildman–Crippen MR) is 73.0 cm³/mol. The molecule has 0 bridgehead atoms. The number of carbonyl (C=O) groups is 2. The van der Waals surface area contributed by atoms with Crippen molar-refractivity contribution in [1.82, 2.24) is 0 Å². The SMILES string of the molecule is COCC(=O)Nc1sc2c(c1C(=O)O)CCC(C)C2. The van der Waals surface area contributed by atoms with Crippen LogP contribution in [0, 0.1) is 5.92 Å². The van der Waals surface area contributed by atoms with Crippen molar-refractivity contribution in [3.05, 3.63) is 16.0 Å². The summed E-state index contributed by atoms with van der Waals surface area (Å²) in [6.45, 7) is 2.09. The second-order valence-electron chi connectivity index (χ2n) is 4.84. The Morgan fingerprint density at radius 3 is 2.89 bits per heavy atom. The van der Waals surface area contributed by atoms with Crippen LogP contribution in [-0.2, 0) is 22.4 Å². The summed E-state index contributed by atoms with van der Waals surface area (Å²) in [5.74, 6) is -0.730. The van der Waals surface area contributed by atoms with Gasteiger partial charge in [0.2, 0.25) is 0 Å². The van der Waals surface area contributed by atoms with Gasteiger partial charge in [0.05, 0.1) is 5.56 Å². The molecule has 5 nitrogen and oxygen atoms in total. The maximum absolute atomic E-state index is 11.5.